The summed E-state index contributed by atoms with van der Waals surface area (Å²) < 4.78 is 6.06. The van der Waals surface area contributed by atoms with Crippen molar-refractivity contribution in [3.63, 3.8) is 0 Å². The highest BCUT2D eigenvalue weighted by Gasteiger charge is 2.16. The van der Waals surface area contributed by atoms with Crippen LogP contribution in [0.1, 0.15) is 20.7 Å². The van der Waals surface area contributed by atoms with Gasteiger partial charge in [-0.25, -0.2) is 4.98 Å². The van der Waals surface area contributed by atoms with E-state index in [0.717, 1.165) is 0 Å². The van der Waals surface area contributed by atoms with Crippen LogP contribution in [0.4, 0.5) is 0 Å². The number of nitrogens with zero attached hydrogens (tertiary/aromatic N) is 2. The predicted octanol–water partition coefficient (Wildman–Crippen LogP) is 3.73. The number of carbonyl (C=O) groups is 2. The lowest BCUT2D eigenvalue weighted by Gasteiger charge is -2.10. The summed E-state index contributed by atoms with van der Waals surface area (Å²) in [5.74, 6) is -0.404. The molecule has 7 nitrogen and oxygen atoms in total. The van der Waals surface area contributed by atoms with Gasteiger partial charge in [-0.1, -0.05) is 18.2 Å². The van der Waals surface area contributed by atoms with Crippen molar-refractivity contribution in [1.29, 1.82) is 0 Å². The molecule has 0 atom stereocenters. The van der Waals surface area contributed by atoms with Gasteiger partial charge in [0.05, 0.1) is 22.9 Å². The third-order valence-corrected chi connectivity index (χ3v) is 4.42. The zero-order valence-corrected chi connectivity index (χ0v) is 15.9. The lowest BCUT2D eigenvalue weighted by atomic mass is 10.1. The summed E-state index contributed by atoms with van der Waals surface area (Å²) in [6.45, 7) is 0. The Morgan fingerprint density at radius 3 is 2.57 bits per heavy atom. The fourth-order valence-electron chi connectivity index (χ4n) is 2.70. The van der Waals surface area contributed by atoms with E-state index < -0.39 is 11.8 Å². The molecule has 28 heavy (non-hydrogen) atoms. The SMILES string of the molecule is O=C(NNC(=O)c1cc(-c2ccco2)nc2ccccc12)c1cncc(Br)c1. The molecule has 0 radical (unpaired) electrons. The molecular weight excluding hydrogens is 424 g/mol. The summed E-state index contributed by atoms with van der Waals surface area (Å²) in [6.07, 6.45) is 4.51. The summed E-state index contributed by atoms with van der Waals surface area (Å²) in [6, 6.07) is 14.0. The number of amides is 2. The zero-order chi connectivity index (χ0) is 19.5. The molecule has 138 valence electrons. The summed E-state index contributed by atoms with van der Waals surface area (Å²) in [5.41, 5.74) is 6.68. The average molecular weight is 437 g/mol. The van der Waals surface area contributed by atoms with Crippen LogP contribution in [0.3, 0.4) is 0 Å². The molecule has 0 aliphatic heterocycles. The van der Waals surface area contributed by atoms with Crippen LogP contribution in [0.5, 0.6) is 0 Å². The van der Waals surface area contributed by atoms with Gasteiger partial charge in [0.15, 0.2) is 5.76 Å². The Balaban J connectivity index is 1.62. The molecule has 0 aliphatic rings. The molecule has 1 aromatic carbocycles. The minimum absolute atomic E-state index is 0.311. The molecule has 0 spiro atoms. The van der Waals surface area contributed by atoms with E-state index in [1.54, 1.807) is 36.5 Å². The Morgan fingerprint density at radius 2 is 1.79 bits per heavy atom. The number of halogens is 1. The van der Waals surface area contributed by atoms with Crippen LogP contribution in [0.25, 0.3) is 22.4 Å². The van der Waals surface area contributed by atoms with Gasteiger partial charge >= 0.3 is 0 Å². The number of pyridine rings is 2. The first-order valence-corrected chi connectivity index (χ1v) is 9.06. The van der Waals surface area contributed by atoms with E-state index in [9.17, 15) is 9.59 Å². The largest absolute Gasteiger partial charge is 0.463 e. The Hall–Kier alpha value is -3.52. The number of fused-ring (bicyclic) bond motifs is 1. The van der Waals surface area contributed by atoms with Gasteiger partial charge in [0.25, 0.3) is 11.8 Å². The monoisotopic (exact) mass is 436 g/mol. The zero-order valence-electron chi connectivity index (χ0n) is 14.3. The van der Waals surface area contributed by atoms with Crippen molar-refractivity contribution in [2.45, 2.75) is 0 Å². The molecule has 4 aromatic rings. The Labute approximate surface area is 167 Å². The fourth-order valence-corrected chi connectivity index (χ4v) is 3.07. The van der Waals surface area contributed by atoms with E-state index in [2.05, 4.69) is 36.7 Å². The van der Waals surface area contributed by atoms with Crippen molar-refractivity contribution >= 4 is 38.6 Å². The second-order valence-corrected chi connectivity index (χ2v) is 6.77. The third-order valence-electron chi connectivity index (χ3n) is 3.99. The lowest BCUT2D eigenvalue weighted by molar-refractivity contribution is 0.0847. The number of rotatable bonds is 3. The van der Waals surface area contributed by atoms with E-state index in [1.807, 2.05) is 18.2 Å². The molecule has 0 fully saturated rings. The van der Waals surface area contributed by atoms with Crippen LogP contribution in [0.2, 0.25) is 0 Å². The number of furan rings is 1. The number of para-hydroxylation sites is 1. The number of carbonyl (C=O) groups excluding carboxylic acids is 2. The van der Waals surface area contributed by atoms with Crippen LogP contribution in [-0.2, 0) is 0 Å². The van der Waals surface area contributed by atoms with E-state index >= 15 is 0 Å². The third kappa shape index (κ3) is 3.63. The maximum atomic E-state index is 12.8. The van der Waals surface area contributed by atoms with Crippen LogP contribution in [0.15, 0.2) is 76.1 Å². The Morgan fingerprint density at radius 1 is 0.964 bits per heavy atom. The molecule has 0 saturated heterocycles. The lowest BCUT2D eigenvalue weighted by Crippen LogP contribution is -2.41. The fraction of sp³-hybridized carbons (Fsp3) is 0. The van der Waals surface area contributed by atoms with E-state index in [4.69, 9.17) is 4.42 Å². The van der Waals surface area contributed by atoms with Gasteiger partial charge in [0.2, 0.25) is 0 Å². The molecule has 3 heterocycles. The van der Waals surface area contributed by atoms with Gasteiger partial charge in [0, 0.05) is 22.3 Å². The molecule has 2 N–H and O–H groups in total. The molecule has 0 unspecified atom stereocenters. The molecular formula is C20H13BrN4O3. The van der Waals surface area contributed by atoms with Crippen molar-refractivity contribution in [3.8, 4) is 11.5 Å². The van der Waals surface area contributed by atoms with Crippen molar-refractivity contribution in [1.82, 2.24) is 20.8 Å². The Kier molecular flexibility index (Phi) is 4.86. The van der Waals surface area contributed by atoms with Crippen LogP contribution < -0.4 is 10.9 Å². The minimum Gasteiger partial charge on any atom is -0.463 e. The van der Waals surface area contributed by atoms with Crippen LogP contribution in [-0.4, -0.2) is 21.8 Å². The van der Waals surface area contributed by atoms with Crippen LogP contribution >= 0.6 is 15.9 Å². The molecule has 3 aromatic heterocycles. The number of nitrogens with one attached hydrogen (secondary N) is 2. The normalized spacial score (nSPS) is 10.6. The number of hydrogen-bond donors (Lipinski definition) is 2. The summed E-state index contributed by atoms with van der Waals surface area (Å²) in [4.78, 5) is 33.5. The predicted molar refractivity (Wildman–Crippen MR) is 106 cm³/mol. The van der Waals surface area contributed by atoms with E-state index in [0.29, 0.717) is 38.0 Å². The molecule has 0 saturated carbocycles. The summed E-state index contributed by atoms with van der Waals surface area (Å²) >= 11 is 3.26. The number of benzene rings is 1. The van der Waals surface area contributed by atoms with E-state index in [1.165, 1.54) is 12.5 Å². The van der Waals surface area contributed by atoms with Crippen molar-refractivity contribution < 1.29 is 14.0 Å². The van der Waals surface area contributed by atoms with Crippen molar-refractivity contribution in [2.24, 2.45) is 0 Å². The highest BCUT2D eigenvalue weighted by Crippen LogP contribution is 2.25. The molecule has 0 aliphatic carbocycles. The highest BCUT2D eigenvalue weighted by molar-refractivity contribution is 9.10. The number of hydrogen-bond acceptors (Lipinski definition) is 5. The number of hydrazine groups is 1. The quantitative estimate of drug-likeness (QED) is 0.476. The van der Waals surface area contributed by atoms with Gasteiger partial charge in [0.1, 0.15) is 5.69 Å². The topological polar surface area (TPSA) is 97.1 Å². The second kappa shape index (κ2) is 7.61. The molecule has 8 heteroatoms. The standard InChI is InChI=1S/C20H13BrN4O3/c21-13-8-12(10-22-11-13)19(26)24-25-20(27)15-9-17(18-6-3-7-28-18)23-16-5-2-1-4-14(15)16/h1-11H,(H,24,26)(H,25,27). The summed E-state index contributed by atoms with van der Waals surface area (Å²) in [7, 11) is 0. The van der Waals surface area contributed by atoms with E-state index in [-0.39, 0.29) is 0 Å². The molecule has 0 bridgehead atoms. The van der Waals surface area contributed by atoms with Crippen LogP contribution in [0, 0.1) is 0 Å². The van der Waals surface area contributed by atoms with Crippen molar-refractivity contribution in [3.05, 3.63) is 82.8 Å². The minimum atomic E-state index is -0.480. The molecule has 2 amide bonds. The van der Waals surface area contributed by atoms with Gasteiger partial charge < -0.3 is 4.42 Å². The van der Waals surface area contributed by atoms with Gasteiger partial charge in [-0.2, -0.15) is 0 Å². The Bertz CT molecular complexity index is 1180. The first-order valence-electron chi connectivity index (χ1n) is 8.27. The van der Waals surface area contributed by atoms with Gasteiger partial charge in [-0.05, 0) is 46.3 Å². The smallest absolute Gasteiger partial charge is 0.271 e. The second-order valence-electron chi connectivity index (χ2n) is 5.85. The first-order chi connectivity index (χ1) is 13.6. The van der Waals surface area contributed by atoms with Crippen molar-refractivity contribution in [2.75, 3.05) is 0 Å². The first kappa shape index (κ1) is 17.9. The maximum absolute atomic E-state index is 12.8. The average Bonchev–Trinajstić information content (AvgIpc) is 3.26. The van der Waals surface area contributed by atoms with Gasteiger partial charge in [-0.3, -0.25) is 25.4 Å². The number of aromatic nitrogens is 2. The summed E-state index contributed by atoms with van der Waals surface area (Å²) in [5, 5.41) is 0.661. The molecule has 4 rings (SSSR count). The highest BCUT2D eigenvalue weighted by atomic mass is 79.9. The van der Waals surface area contributed by atoms with Gasteiger partial charge in [-0.15, -0.1) is 0 Å². The maximum Gasteiger partial charge on any atom is 0.271 e.